The van der Waals surface area contributed by atoms with Crippen molar-refractivity contribution < 1.29 is 19.1 Å². The summed E-state index contributed by atoms with van der Waals surface area (Å²) in [6.45, 7) is 6.09. The molecule has 0 aliphatic rings. The number of hydrogen-bond donors (Lipinski definition) is 1. The summed E-state index contributed by atoms with van der Waals surface area (Å²) in [5.74, 6) is 0.232. The van der Waals surface area contributed by atoms with Crippen LogP contribution in [0.3, 0.4) is 0 Å². The zero-order valence-electron chi connectivity index (χ0n) is 19.6. The van der Waals surface area contributed by atoms with Gasteiger partial charge in [0.05, 0.1) is 12.6 Å². The van der Waals surface area contributed by atoms with Crippen LogP contribution in [0.1, 0.15) is 53.4 Å². The lowest BCUT2D eigenvalue weighted by Crippen LogP contribution is -2.15. The van der Waals surface area contributed by atoms with Gasteiger partial charge < -0.3 is 14.8 Å². The molecule has 0 radical (unpaired) electrons. The molecule has 0 saturated carbocycles. The minimum Gasteiger partial charge on any atom is -0.486 e. The predicted octanol–water partition coefficient (Wildman–Crippen LogP) is 4.99. The number of tetrazole rings is 1. The van der Waals surface area contributed by atoms with Crippen LogP contribution in [0.4, 0.5) is 5.00 Å². The average molecular weight is 492 g/mol. The molecule has 0 saturated heterocycles. The zero-order chi connectivity index (χ0) is 24.8. The SMILES string of the molecule is CCOC(=O)c1c(-c2ccccc2)csc1NC(=O)c1cccc(OCc2nnnn2C(C)C)c1. The van der Waals surface area contributed by atoms with Crippen molar-refractivity contribution in [1.29, 1.82) is 0 Å². The summed E-state index contributed by atoms with van der Waals surface area (Å²) in [5.41, 5.74) is 2.30. The van der Waals surface area contributed by atoms with Crippen LogP contribution < -0.4 is 10.1 Å². The number of esters is 1. The molecule has 0 unspecified atom stereocenters. The molecule has 1 amide bonds. The summed E-state index contributed by atoms with van der Waals surface area (Å²) in [6.07, 6.45) is 0. The maximum Gasteiger partial charge on any atom is 0.341 e. The van der Waals surface area contributed by atoms with E-state index in [2.05, 4.69) is 20.8 Å². The van der Waals surface area contributed by atoms with Gasteiger partial charge in [-0.2, -0.15) is 0 Å². The van der Waals surface area contributed by atoms with E-state index in [4.69, 9.17) is 9.47 Å². The standard InChI is InChI=1S/C25H25N5O4S/c1-4-33-25(32)22-20(17-9-6-5-7-10-17)15-35-24(22)26-23(31)18-11-8-12-19(13-18)34-14-21-27-28-29-30(21)16(2)3/h5-13,15-16H,4,14H2,1-3H3,(H,26,31). The number of nitrogens with zero attached hydrogens (tertiary/aromatic N) is 4. The van der Waals surface area contributed by atoms with Crippen LogP contribution in [-0.2, 0) is 11.3 Å². The lowest BCUT2D eigenvalue weighted by atomic mass is 10.0. The molecule has 4 rings (SSSR count). The van der Waals surface area contributed by atoms with Crippen molar-refractivity contribution in [1.82, 2.24) is 20.2 Å². The lowest BCUT2D eigenvalue weighted by Gasteiger charge is -2.11. The second kappa shape index (κ2) is 10.9. The third kappa shape index (κ3) is 5.55. The van der Waals surface area contributed by atoms with Gasteiger partial charge in [-0.15, -0.1) is 16.4 Å². The number of carbonyl (C=O) groups is 2. The summed E-state index contributed by atoms with van der Waals surface area (Å²) < 4.78 is 12.8. The van der Waals surface area contributed by atoms with Gasteiger partial charge in [0, 0.05) is 16.5 Å². The van der Waals surface area contributed by atoms with Gasteiger partial charge in [-0.1, -0.05) is 36.4 Å². The Kier molecular flexibility index (Phi) is 7.51. The highest BCUT2D eigenvalue weighted by Gasteiger charge is 2.23. The number of hydrogen-bond acceptors (Lipinski definition) is 8. The van der Waals surface area contributed by atoms with Crippen LogP contribution in [-0.4, -0.2) is 38.7 Å². The van der Waals surface area contributed by atoms with Gasteiger partial charge in [-0.25, -0.2) is 9.48 Å². The van der Waals surface area contributed by atoms with E-state index in [-0.39, 0.29) is 25.2 Å². The van der Waals surface area contributed by atoms with Crippen molar-refractivity contribution in [2.75, 3.05) is 11.9 Å². The number of amides is 1. The molecule has 1 N–H and O–H groups in total. The van der Waals surface area contributed by atoms with Crippen molar-refractivity contribution in [2.45, 2.75) is 33.4 Å². The second-order valence-electron chi connectivity index (χ2n) is 7.84. The number of anilines is 1. The molecule has 2 aromatic carbocycles. The molecule has 0 atom stereocenters. The molecule has 4 aromatic rings. The fraction of sp³-hybridized carbons (Fsp3) is 0.240. The molecule has 2 aromatic heterocycles. The van der Waals surface area contributed by atoms with E-state index in [0.717, 1.165) is 5.56 Å². The van der Waals surface area contributed by atoms with Crippen molar-refractivity contribution >= 4 is 28.2 Å². The van der Waals surface area contributed by atoms with E-state index in [0.29, 0.717) is 33.3 Å². The van der Waals surface area contributed by atoms with Crippen LogP contribution in [0.25, 0.3) is 11.1 Å². The summed E-state index contributed by atoms with van der Waals surface area (Å²) in [6, 6.07) is 16.4. The van der Waals surface area contributed by atoms with E-state index < -0.39 is 5.97 Å². The van der Waals surface area contributed by atoms with Crippen molar-refractivity contribution in [3.8, 4) is 16.9 Å². The first-order valence-corrected chi connectivity index (χ1v) is 12.0. The normalized spacial score (nSPS) is 10.9. The third-order valence-corrected chi connectivity index (χ3v) is 5.99. The van der Waals surface area contributed by atoms with Gasteiger partial charge in [0.25, 0.3) is 5.91 Å². The fourth-order valence-corrected chi connectivity index (χ4v) is 4.40. The Hall–Kier alpha value is -4.05. The second-order valence-corrected chi connectivity index (χ2v) is 8.72. The van der Waals surface area contributed by atoms with Crippen LogP contribution in [0, 0.1) is 0 Å². The first kappa shape index (κ1) is 24.1. The van der Waals surface area contributed by atoms with E-state index in [9.17, 15) is 9.59 Å². The van der Waals surface area contributed by atoms with E-state index >= 15 is 0 Å². The number of thiophene rings is 1. The number of benzene rings is 2. The summed E-state index contributed by atoms with van der Waals surface area (Å²) in [4.78, 5) is 25.8. The Bertz CT molecular complexity index is 1320. The Morgan fingerprint density at radius 2 is 1.91 bits per heavy atom. The topological polar surface area (TPSA) is 108 Å². The van der Waals surface area contributed by atoms with Crippen molar-refractivity contribution in [3.05, 3.63) is 76.9 Å². The number of aromatic nitrogens is 4. The monoisotopic (exact) mass is 491 g/mol. The number of carbonyl (C=O) groups excluding carboxylic acids is 2. The van der Waals surface area contributed by atoms with Crippen molar-refractivity contribution in [3.63, 3.8) is 0 Å². The first-order chi connectivity index (χ1) is 17.0. The smallest absolute Gasteiger partial charge is 0.341 e. The molecule has 0 aliphatic carbocycles. The Labute approximate surface area is 206 Å². The molecule has 10 heteroatoms. The molecule has 9 nitrogen and oxygen atoms in total. The van der Waals surface area contributed by atoms with Gasteiger partial charge in [-0.05, 0) is 55.0 Å². The van der Waals surface area contributed by atoms with E-state index in [1.165, 1.54) is 11.3 Å². The van der Waals surface area contributed by atoms with Crippen LogP contribution in [0.2, 0.25) is 0 Å². The summed E-state index contributed by atoms with van der Waals surface area (Å²) in [5, 5.41) is 16.8. The van der Waals surface area contributed by atoms with Crippen LogP contribution >= 0.6 is 11.3 Å². The number of rotatable bonds is 9. The fourth-order valence-electron chi connectivity index (χ4n) is 3.44. The molecule has 180 valence electrons. The Morgan fingerprint density at radius 1 is 1.11 bits per heavy atom. The average Bonchev–Trinajstić information content (AvgIpc) is 3.51. The number of ether oxygens (including phenoxy) is 2. The molecule has 0 fully saturated rings. The van der Waals surface area contributed by atoms with Gasteiger partial charge in [0.2, 0.25) is 0 Å². The van der Waals surface area contributed by atoms with E-state index in [1.807, 2.05) is 49.6 Å². The Balaban J connectivity index is 1.53. The molecular weight excluding hydrogens is 466 g/mol. The van der Waals surface area contributed by atoms with Gasteiger partial charge >= 0.3 is 5.97 Å². The molecule has 2 heterocycles. The predicted molar refractivity (Wildman–Crippen MR) is 133 cm³/mol. The molecule has 0 bridgehead atoms. The molecular formula is C25H25N5O4S. The highest BCUT2D eigenvalue weighted by Crippen LogP contribution is 2.36. The van der Waals surface area contributed by atoms with Gasteiger partial charge in [0.1, 0.15) is 22.9 Å². The molecule has 35 heavy (non-hydrogen) atoms. The largest absolute Gasteiger partial charge is 0.486 e. The zero-order valence-corrected chi connectivity index (χ0v) is 20.4. The highest BCUT2D eigenvalue weighted by molar-refractivity contribution is 7.15. The van der Waals surface area contributed by atoms with Crippen molar-refractivity contribution in [2.24, 2.45) is 0 Å². The number of nitrogens with one attached hydrogen (secondary N) is 1. The summed E-state index contributed by atoms with van der Waals surface area (Å²) >= 11 is 1.28. The molecule has 0 aliphatic heterocycles. The van der Waals surface area contributed by atoms with Gasteiger partial charge in [0.15, 0.2) is 5.82 Å². The third-order valence-electron chi connectivity index (χ3n) is 5.10. The van der Waals surface area contributed by atoms with E-state index in [1.54, 1.807) is 35.9 Å². The van der Waals surface area contributed by atoms with Crippen LogP contribution in [0.15, 0.2) is 60.0 Å². The highest BCUT2D eigenvalue weighted by atomic mass is 32.1. The quantitative estimate of drug-likeness (QED) is 0.329. The maximum absolute atomic E-state index is 13.1. The summed E-state index contributed by atoms with van der Waals surface area (Å²) in [7, 11) is 0. The minimum atomic E-state index is -0.483. The molecule has 0 spiro atoms. The minimum absolute atomic E-state index is 0.0980. The maximum atomic E-state index is 13.1. The Morgan fingerprint density at radius 3 is 2.66 bits per heavy atom. The lowest BCUT2D eigenvalue weighted by molar-refractivity contribution is 0.0529. The van der Waals surface area contributed by atoms with Gasteiger partial charge in [-0.3, -0.25) is 4.79 Å². The first-order valence-electron chi connectivity index (χ1n) is 11.1. The van der Waals surface area contributed by atoms with Crippen LogP contribution in [0.5, 0.6) is 5.75 Å².